The summed E-state index contributed by atoms with van der Waals surface area (Å²) in [6, 6.07) is -0.0215. The van der Waals surface area contributed by atoms with Crippen LogP contribution in [0.1, 0.15) is 49.4 Å². The van der Waals surface area contributed by atoms with E-state index < -0.39 is 0 Å². The molecule has 3 rings (SSSR count). The maximum atomic E-state index is 12.3. The van der Waals surface area contributed by atoms with Gasteiger partial charge in [-0.15, -0.1) is 0 Å². The number of anilines is 1. The molecule has 1 saturated heterocycles. The maximum Gasteiger partial charge on any atom is 0.225 e. The van der Waals surface area contributed by atoms with Crippen molar-refractivity contribution in [3.05, 3.63) is 17.5 Å². The van der Waals surface area contributed by atoms with E-state index in [1.807, 2.05) is 25.2 Å². The van der Waals surface area contributed by atoms with Crippen molar-refractivity contribution < 1.29 is 9.59 Å². The van der Waals surface area contributed by atoms with E-state index in [4.69, 9.17) is 0 Å². The Morgan fingerprint density at radius 2 is 2.21 bits per heavy atom. The van der Waals surface area contributed by atoms with Crippen molar-refractivity contribution in [3.63, 3.8) is 0 Å². The van der Waals surface area contributed by atoms with Gasteiger partial charge in [0.2, 0.25) is 17.8 Å². The maximum absolute atomic E-state index is 12.3. The van der Waals surface area contributed by atoms with E-state index in [1.54, 1.807) is 4.90 Å². The van der Waals surface area contributed by atoms with Gasteiger partial charge in [-0.05, 0) is 25.7 Å². The molecule has 1 aromatic heterocycles. The van der Waals surface area contributed by atoms with Gasteiger partial charge in [-0.3, -0.25) is 9.59 Å². The van der Waals surface area contributed by atoms with Crippen molar-refractivity contribution in [1.82, 2.24) is 20.2 Å². The van der Waals surface area contributed by atoms with Gasteiger partial charge in [0, 0.05) is 51.8 Å². The first-order valence-electron chi connectivity index (χ1n) is 8.65. The molecule has 7 nitrogen and oxygen atoms in total. The molecule has 0 radical (unpaired) electrons. The Labute approximate surface area is 142 Å². The first kappa shape index (κ1) is 16.7. The van der Waals surface area contributed by atoms with Gasteiger partial charge in [0.15, 0.2) is 0 Å². The van der Waals surface area contributed by atoms with E-state index in [1.165, 1.54) is 0 Å². The molecule has 130 valence electrons. The highest BCUT2D eigenvalue weighted by Crippen LogP contribution is 2.29. The normalized spacial score (nSPS) is 20.0. The van der Waals surface area contributed by atoms with Gasteiger partial charge in [0.25, 0.3) is 0 Å². The summed E-state index contributed by atoms with van der Waals surface area (Å²) in [6.07, 6.45) is 6.55. The molecular formula is C17H25N5O2. The summed E-state index contributed by atoms with van der Waals surface area (Å²) >= 11 is 0. The lowest BCUT2D eigenvalue weighted by Gasteiger charge is -2.26. The summed E-state index contributed by atoms with van der Waals surface area (Å²) in [5, 5.41) is 3.09. The average Bonchev–Trinajstić information content (AvgIpc) is 2.98. The Hall–Kier alpha value is -2.18. The van der Waals surface area contributed by atoms with Crippen molar-refractivity contribution in [2.45, 2.75) is 44.6 Å². The second-order valence-corrected chi connectivity index (χ2v) is 6.71. The Kier molecular flexibility index (Phi) is 4.97. The first-order chi connectivity index (χ1) is 11.5. The third-order valence-electron chi connectivity index (χ3n) is 4.68. The Balaban J connectivity index is 1.60. The molecule has 0 saturated carbocycles. The largest absolute Gasteiger partial charge is 0.349 e. The highest BCUT2D eigenvalue weighted by atomic mass is 16.2. The quantitative estimate of drug-likeness (QED) is 0.872. The van der Waals surface area contributed by atoms with E-state index >= 15 is 0 Å². The van der Waals surface area contributed by atoms with Crippen LogP contribution in [0, 0.1) is 0 Å². The number of hydrogen-bond acceptors (Lipinski definition) is 5. The van der Waals surface area contributed by atoms with Crippen LogP contribution < -0.4 is 10.2 Å². The van der Waals surface area contributed by atoms with Crippen LogP contribution in [0.4, 0.5) is 5.95 Å². The minimum absolute atomic E-state index is 0.00997. The van der Waals surface area contributed by atoms with Crippen LogP contribution in [-0.4, -0.2) is 53.9 Å². The zero-order chi connectivity index (χ0) is 17.1. The lowest BCUT2D eigenvalue weighted by molar-refractivity contribution is -0.128. The number of hydrogen-bond donors (Lipinski definition) is 1. The number of nitrogens with one attached hydrogen (secondary N) is 1. The number of amides is 2. The summed E-state index contributed by atoms with van der Waals surface area (Å²) in [4.78, 5) is 36.5. The molecule has 2 amide bonds. The molecule has 1 aliphatic carbocycles. The van der Waals surface area contributed by atoms with Crippen molar-refractivity contribution in [2.75, 3.05) is 32.1 Å². The average molecular weight is 331 g/mol. The van der Waals surface area contributed by atoms with Gasteiger partial charge in [-0.1, -0.05) is 0 Å². The van der Waals surface area contributed by atoms with Crippen molar-refractivity contribution >= 4 is 17.8 Å². The number of likely N-dealkylation sites (tertiary alicyclic amines) is 1. The summed E-state index contributed by atoms with van der Waals surface area (Å²) in [6.45, 7) is 1.29. The molecule has 0 unspecified atom stereocenters. The van der Waals surface area contributed by atoms with Crippen LogP contribution >= 0.6 is 0 Å². The predicted molar refractivity (Wildman–Crippen MR) is 90.6 cm³/mol. The number of nitrogens with zero attached hydrogens (tertiary/aromatic N) is 4. The number of rotatable bonds is 5. The molecule has 7 heteroatoms. The zero-order valence-electron chi connectivity index (χ0n) is 14.4. The second-order valence-electron chi connectivity index (χ2n) is 6.71. The highest BCUT2D eigenvalue weighted by molar-refractivity contribution is 5.80. The third-order valence-corrected chi connectivity index (χ3v) is 4.68. The molecular weight excluding hydrogens is 306 g/mol. The Morgan fingerprint density at radius 1 is 1.38 bits per heavy atom. The van der Waals surface area contributed by atoms with Crippen molar-refractivity contribution in [3.8, 4) is 0 Å². The van der Waals surface area contributed by atoms with Crippen LogP contribution in [0.5, 0.6) is 0 Å². The fourth-order valence-electron chi connectivity index (χ4n) is 3.35. The smallest absolute Gasteiger partial charge is 0.225 e. The van der Waals surface area contributed by atoms with Crippen molar-refractivity contribution in [2.24, 2.45) is 0 Å². The Morgan fingerprint density at radius 3 is 2.92 bits per heavy atom. The van der Waals surface area contributed by atoms with Crippen LogP contribution in [0.25, 0.3) is 0 Å². The minimum atomic E-state index is -0.0215. The standard InChI is InChI=1S/C17H25N5O2/c1-21(2)17-18-11-12-13(5-3-6-14(12)20-17)19-15(23)8-10-22-9-4-7-16(22)24/h11,13H,3-10H2,1-2H3,(H,19,23)/t13-/m1/s1. The molecule has 1 atom stereocenters. The molecule has 2 heterocycles. The molecule has 0 bridgehead atoms. The lowest BCUT2D eigenvalue weighted by atomic mass is 9.92. The van der Waals surface area contributed by atoms with E-state index in [9.17, 15) is 9.59 Å². The molecule has 2 aliphatic rings. The fourth-order valence-corrected chi connectivity index (χ4v) is 3.35. The summed E-state index contributed by atoms with van der Waals surface area (Å²) in [7, 11) is 3.84. The van der Waals surface area contributed by atoms with Crippen LogP contribution in [0.3, 0.4) is 0 Å². The molecule has 1 N–H and O–H groups in total. The van der Waals surface area contributed by atoms with Gasteiger partial charge in [0.05, 0.1) is 11.7 Å². The predicted octanol–water partition coefficient (Wildman–Crippen LogP) is 1.05. The van der Waals surface area contributed by atoms with Gasteiger partial charge in [-0.2, -0.15) is 0 Å². The third kappa shape index (κ3) is 3.66. The molecule has 0 spiro atoms. The minimum Gasteiger partial charge on any atom is -0.349 e. The number of aromatic nitrogens is 2. The molecule has 1 aliphatic heterocycles. The summed E-state index contributed by atoms with van der Waals surface area (Å²) in [5.41, 5.74) is 2.05. The van der Waals surface area contributed by atoms with E-state index in [0.29, 0.717) is 25.3 Å². The zero-order valence-corrected chi connectivity index (χ0v) is 14.4. The fraction of sp³-hybridized carbons (Fsp3) is 0.647. The topological polar surface area (TPSA) is 78.4 Å². The van der Waals surface area contributed by atoms with Gasteiger partial charge in [0.1, 0.15) is 0 Å². The van der Waals surface area contributed by atoms with Gasteiger partial charge in [-0.25, -0.2) is 9.97 Å². The SMILES string of the molecule is CN(C)c1ncc2c(n1)CCC[C@H]2NC(=O)CCN1CCCC1=O. The van der Waals surface area contributed by atoms with Crippen LogP contribution in [-0.2, 0) is 16.0 Å². The van der Waals surface area contributed by atoms with Gasteiger partial charge >= 0.3 is 0 Å². The lowest BCUT2D eigenvalue weighted by Crippen LogP contribution is -2.35. The number of carbonyl (C=O) groups excluding carboxylic acids is 2. The number of fused-ring (bicyclic) bond motifs is 1. The summed E-state index contributed by atoms with van der Waals surface area (Å²) in [5.74, 6) is 0.855. The number of carbonyl (C=O) groups is 2. The molecule has 0 aromatic carbocycles. The van der Waals surface area contributed by atoms with Crippen LogP contribution in [0.15, 0.2) is 6.20 Å². The van der Waals surface area contributed by atoms with Crippen LogP contribution in [0.2, 0.25) is 0 Å². The Bertz CT molecular complexity index is 631. The molecule has 24 heavy (non-hydrogen) atoms. The van der Waals surface area contributed by atoms with Gasteiger partial charge < -0.3 is 15.1 Å². The van der Waals surface area contributed by atoms with E-state index in [0.717, 1.165) is 43.5 Å². The number of aryl methyl sites for hydroxylation is 1. The second kappa shape index (κ2) is 7.15. The van der Waals surface area contributed by atoms with E-state index in [2.05, 4.69) is 15.3 Å². The van der Waals surface area contributed by atoms with E-state index in [-0.39, 0.29) is 17.9 Å². The molecule has 1 aromatic rings. The van der Waals surface area contributed by atoms with Crippen molar-refractivity contribution in [1.29, 1.82) is 0 Å². The summed E-state index contributed by atoms with van der Waals surface area (Å²) < 4.78 is 0. The monoisotopic (exact) mass is 331 g/mol. The first-order valence-corrected chi connectivity index (χ1v) is 8.65. The molecule has 1 fully saturated rings. The highest BCUT2D eigenvalue weighted by Gasteiger charge is 2.25.